The highest BCUT2D eigenvalue weighted by Crippen LogP contribution is 2.49. The highest BCUT2D eigenvalue weighted by molar-refractivity contribution is 6.27. The molecule has 3 aliphatic heterocycles. The van der Waals surface area contributed by atoms with Crippen molar-refractivity contribution in [3.05, 3.63) is 75.2 Å². The van der Waals surface area contributed by atoms with Gasteiger partial charge in [-0.05, 0) is 45.5 Å². The second kappa shape index (κ2) is 18.7. The van der Waals surface area contributed by atoms with Crippen molar-refractivity contribution in [3.63, 3.8) is 0 Å². The van der Waals surface area contributed by atoms with Gasteiger partial charge in [0.2, 0.25) is 0 Å². The van der Waals surface area contributed by atoms with Gasteiger partial charge >= 0.3 is 5.97 Å². The van der Waals surface area contributed by atoms with E-state index in [0.29, 0.717) is 11.1 Å². The first-order chi connectivity index (χ1) is 31.2. The fourth-order valence-corrected chi connectivity index (χ4v) is 9.46. The number of aryl methyl sites for hydroxylation is 1. The summed E-state index contributed by atoms with van der Waals surface area (Å²) < 4.78 is 31.0. The number of rotatable bonds is 3. The number of hydrogen-bond acceptors (Lipinski definition) is 16. The monoisotopic (exact) mass is 911 g/mol. The summed E-state index contributed by atoms with van der Waals surface area (Å²) in [6, 6.07) is 3.87. The maximum Gasteiger partial charge on any atom is 0.302 e. The van der Waals surface area contributed by atoms with Gasteiger partial charge in [-0.3, -0.25) is 14.4 Å². The Morgan fingerprint density at radius 3 is 2.32 bits per heavy atom. The number of carbonyl (C=O) groups excluding carboxylic acids is 2. The van der Waals surface area contributed by atoms with Gasteiger partial charge in [0.1, 0.15) is 28.6 Å². The van der Waals surface area contributed by atoms with E-state index >= 15 is 0 Å². The second-order valence-corrected chi connectivity index (χ2v) is 18.2. The predicted octanol–water partition coefficient (Wildman–Crippen LogP) is 6.05. The van der Waals surface area contributed by atoms with Gasteiger partial charge in [0.15, 0.2) is 28.1 Å². The molecule has 4 aromatic rings. The van der Waals surface area contributed by atoms with E-state index in [2.05, 4.69) is 27.3 Å². The maximum absolute atomic E-state index is 14.5. The summed E-state index contributed by atoms with van der Waals surface area (Å²) in [4.78, 5) is 50.7. The molecule has 0 aliphatic carbocycles. The minimum atomic E-state index is -1.89. The molecule has 1 saturated heterocycles. The van der Waals surface area contributed by atoms with Crippen LogP contribution in [0.3, 0.4) is 0 Å². The van der Waals surface area contributed by atoms with Crippen LogP contribution in [0.2, 0.25) is 0 Å². The Bertz CT molecular complexity index is 2750. The number of aromatic hydroxyl groups is 1. The molecule has 3 aromatic carbocycles. The highest BCUT2D eigenvalue weighted by atomic mass is 16.7. The lowest BCUT2D eigenvalue weighted by Gasteiger charge is -2.38. The molecule has 4 heterocycles. The lowest BCUT2D eigenvalue weighted by molar-refractivity contribution is -0.160. The number of aromatic nitrogens is 1. The number of phenols is 1. The van der Waals surface area contributed by atoms with Crippen LogP contribution in [-0.2, 0) is 23.8 Å². The fraction of sp³-hybridized carbons (Fsp3) is 0.490. The number of ether oxygens (including phenoxy) is 4. The molecular formula is C49H61N5O12. The molecule has 1 aromatic heterocycles. The van der Waals surface area contributed by atoms with E-state index in [0.717, 1.165) is 37.4 Å². The number of piperazine rings is 1. The number of esters is 1. The van der Waals surface area contributed by atoms with Crippen molar-refractivity contribution >= 4 is 61.9 Å². The summed E-state index contributed by atoms with van der Waals surface area (Å²) in [5.74, 6) is -6.18. The van der Waals surface area contributed by atoms with E-state index < -0.39 is 76.9 Å². The quantitative estimate of drug-likeness (QED) is 0.0394. The van der Waals surface area contributed by atoms with Crippen LogP contribution in [0.25, 0.3) is 33.0 Å². The number of oxime groups is 1. The van der Waals surface area contributed by atoms with Gasteiger partial charge in [-0.15, -0.1) is 0 Å². The van der Waals surface area contributed by atoms with Crippen LogP contribution >= 0.6 is 0 Å². The van der Waals surface area contributed by atoms with Crippen molar-refractivity contribution in [1.82, 2.24) is 9.88 Å². The minimum Gasteiger partial charge on any atom is -0.505 e. The van der Waals surface area contributed by atoms with Gasteiger partial charge in [-0.25, -0.2) is 4.98 Å². The number of carbonyl (C=O) groups is 2. The largest absolute Gasteiger partial charge is 0.505 e. The third-order valence-corrected chi connectivity index (χ3v) is 13.6. The molecule has 7 rings (SSSR count). The number of fused-ring (bicyclic) bond motifs is 2. The second-order valence-electron chi connectivity index (χ2n) is 18.2. The Morgan fingerprint density at radius 1 is 0.970 bits per heavy atom. The van der Waals surface area contributed by atoms with Crippen molar-refractivity contribution in [3.8, 4) is 11.5 Å². The van der Waals surface area contributed by atoms with Crippen LogP contribution < -0.4 is 20.4 Å². The number of methoxy groups -OCH3 is 1. The van der Waals surface area contributed by atoms with Crippen molar-refractivity contribution < 1.29 is 53.5 Å². The van der Waals surface area contributed by atoms with Crippen LogP contribution in [0.1, 0.15) is 65.2 Å². The number of benzene rings is 3. The van der Waals surface area contributed by atoms with Gasteiger partial charge in [0, 0.05) is 99.1 Å². The van der Waals surface area contributed by atoms with Gasteiger partial charge < -0.3 is 59.0 Å². The Balaban J connectivity index is 1.47. The normalized spacial score (nSPS) is 30.6. The zero-order valence-corrected chi connectivity index (χ0v) is 39.3. The molecule has 0 saturated carbocycles. The Labute approximate surface area is 382 Å². The predicted molar refractivity (Wildman–Crippen MR) is 250 cm³/mol. The number of phenolic OH excluding ortho intramolecular Hbond substituents is 1. The summed E-state index contributed by atoms with van der Waals surface area (Å²) >= 11 is 0. The molecule has 1 amide bonds. The van der Waals surface area contributed by atoms with Crippen LogP contribution in [0, 0.1) is 37.5 Å². The minimum absolute atomic E-state index is 0.00809. The number of amides is 1. The molecule has 5 N–H and O–H groups in total. The first kappa shape index (κ1) is 47.9. The SMILES string of the molecule is CO[C@H]1/C=C/O[C@@]2(C)Oc3c(C)c(=O)c4c(O)c(c5oc6cc(N7CCN(C)CC7)cc(C)c6nc5c4c3/C2=N\O)NC(=O)/C(C)=C\C=C\[C@H](C)[C@H](O)[C@@H](C)[C@@H](O)[C@@H](C)[C@H](OC(C)=O)[C@@H]1C. The van der Waals surface area contributed by atoms with Gasteiger partial charge in [-0.2, -0.15) is 0 Å². The van der Waals surface area contributed by atoms with E-state index in [1.807, 2.05) is 19.1 Å². The summed E-state index contributed by atoms with van der Waals surface area (Å²) in [6.07, 6.45) is 3.81. The molecule has 3 aliphatic rings. The van der Waals surface area contributed by atoms with Crippen LogP contribution in [0.15, 0.2) is 62.6 Å². The fourth-order valence-electron chi connectivity index (χ4n) is 9.46. The topological polar surface area (TPSA) is 226 Å². The lowest BCUT2D eigenvalue weighted by Crippen LogP contribution is -2.46. The van der Waals surface area contributed by atoms with Crippen molar-refractivity contribution in [2.24, 2.45) is 28.8 Å². The van der Waals surface area contributed by atoms with E-state index in [1.54, 1.807) is 52.8 Å². The smallest absolute Gasteiger partial charge is 0.302 e. The molecule has 17 heteroatoms. The Morgan fingerprint density at radius 2 is 1.67 bits per heavy atom. The summed E-state index contributed by atoms with van der Waals surface area (Å²) in [7, 11) is 3.53. The molecule has 0 radical (unpaired) electrons. The first-order valence-electron chi connectivity index (χ1n) is 22.3. The molecule has 17 nitrogen and oxygen atoms in total. The standard InChI is InChI=1S/C49H61N5O12/c1-23-13-12-14-24(2)48(60)51-39-43(59)35-34(38-46(39)65-33-22-31(21-25(3)37(33)50-38)54-18-16-53(10)17-19-54)36-45(29(7)42(35)58)66-49(9,47(36)52-61)63-20-15-32(62-11)26(4)44(64-30(8)55)28(6)41(57)27(5)40(23)56/h12-15,20-23,26-28,32,40-41,44,56-57,59,61H,16-19H2,1-11H3,(H,51,60)/b13-12+,20-15+,24-14-,52-47+/t23-,26+,27+,28+,32-,40-,41+,44+,49-/m0/s1. The Kier molecular flexibility index (Phi) is 13.6. The third-order valence-electron chi connectivity index (χ3n) is 13.6. The Hall–Kier alpha value is -6.01. The maximum atomic E-state index is 14.5. The summed E-state index contributed by atoms with van der Waals surface area (Å²) in [6.45, 7) is 18.0. The van der Waals surface area contributed by atoms with Crippen LogP contribution in [0.5, 0.6) is 11.5 Å². The van der Waals surface area contributed by atoms with Crippen molar-refractivity contribution in [2.75, 3.05) is 50.6 Å². The molecule has 354 valence electrons. The van der Waals surface area contributed by atoms with E-state index in [1.165, 1.54) is 40.2 Å². The summed E-state index contributed by atoms with van der Waals surface area (Å²) in [5.41, 5.74) is 1.77. The molecule has 0 spiro atoms. The van der Waals surface area contributed by atoms with E-state index in [4.69, 9.17) is 28.3 Å². The van der Waals surface area contributed by atoms with E-state index in [-0.39, 0.29) is 55.7 Å². The number of hydrogen-bond donors (Lipinski definition) is 5. The number of aliphatic hydroxyl groups excluding tert-OH is 2. The number of allylic oxidation sites excluding steroid dienone is 2. The zero-order valence-electron chi connectivity index (χ0n) is 39.3. The number of aliphatic hydroxyl groups is 2. The average molecular weight is 912 g/mol. The molecule has 66 heavy (non-hydrogen) atoms. The molecule has 4 bridgehead atoms. The van der Waals surface area contributed by atoms with Gasteiger partial charge in [0.05, 0.1) is 35.5 Å². The third kappa shape index (κ3) is 8.60. The van der Waals surface area contributed by atoms with Crippen LogP contribution in [0.4, 0.5) is 11.4 Å². The highest BCUT2D eigenvalue weighted by Gasteiger charge is 2.48. The molecular weight excluding hydrogens is 851 g/mol. The van der Waals surface area contributed by atoms with Gasteiger partial charge in [-0.1, -0.05) is 51.1 Å². The zero-order chi connectivity index (χ0) is 48.1. The number of anilines is 2. The van der Waals surface area contributed by atoms with Gasteiger partial charge in [0.25, 0.3) is 11.7 Å². The average Bonchev–Trinajstić information content (AvgIpc) is 3.59. The lowest BCUT2D eigenvalue weighted by atomic mass is 9.78. The van der Waals surface area contributed by atoms with Crippen LogP contribution in [-0.4, -0.2) is 119 Å². The molecule has 9 atom stereocenters. The van der Waals surface area contributed by atoms with Crippen molar-refractivity contribution in [2.45, 2.75) is 92.5 Å². The number of nitrogens with zero attached hydrogens (tertiary/aromatic N) is 4. The first-order valence-corrected chi connectivity index (χ1v) is 22.3. The van der Waals surface area contributed by atoms with E-state index in [9.17, 15) is 34.9 Å². The summed E-state index contributed by atoms with van der Waals surface area (Å²) in [5, 5.41) is 52.4. The molecule has 0 unspecified atom stereocenters. The molecule has 1 fully saturated rings. The number of nitrogens with one attached hydrogen (secondary N) is 1. The number of likely N-dealkylation sites (N-methyl/N-ethyl adjacent to an activating group) is 1. The van der Waals surface area contributed by atoms with Crippen molar-refractivity contribution in [1.29, 1.82) is 0 Å².